The van der Waals surface area contributed by atoms with Crippen LogP contribution < -0.4 is 5.63 Å². The summed E-state index contributed by atoms with van der Waals surface area (Å²) in [6, 6.07) is 4.15. The fourth-order valence-corrected chi connectivity index (χ4v) is 2.70. The van der Waals surface area contributed by atoms with Gasteiger partial charge < -0.3 is 9.52 Å². The van der Waals surface area contributed by atoms with E-state index < -0.39 is 20.9 Å². The number of allylic oxidation sites excluding steroid dienone is 1. The van der Waals surface area contributed by atoms with Gasteiger partial charge in [0.05, 0.1) is 16.4 Å². The van der Waals surface area contributed by atoms with E-state index in [1.54, 1.807) is 27.7 Å². The molecular weight excluding hydrogens is 318 g/mol. The molecule has 0 unspecified atom stereocenters. The number of nitrogens with zero attached hydrogens (tertiary/aromatic N) is 1. The summed E-state index contributed by atoms with van der Waals surface area (Å²) < 4.78 is 29.0. The summed E-state index contributed by atoms with van der Waals surface area (Å²) in [5.41, 5.74) is -0.879. The Morgan fingerprint density at radius 2 is 2.00 bits per heavy atom. The van der Waals surface area contributed by atoms with Crippen molar-refractivity contribution in [3.8, 4) is 0 Å². The van der Waals surface area contributed by atoms with Gasteiger partial charge in [-0.05, 0) is 18.2 Å². The summed E-state index contributed by atoms with van der Waals surface area (Å²) in [4.78, 5) is 16.2. The quantitative estimate of drug-likeness (QED) is 0.865. The van der Waals surface area contributed by atoms with Crippen LogP contribution in [0, 0.1) is 5.41 Å². The van der Waals surface area contributed by atoms with Crippen LogP contribution in [-0.4, -0.2) is 24.3 Å². The number of hydrogen-bond donors (Lipinski definition) is 1. The molecule has 1 aromatic carbocycles. The van der Waals surface area contributed by atoms with Gasteiger partial charge in [0.1, 0.15) is 5.52 Å². The first-order valence-corrected chi connectivity index (χ1v) is 8.78. The molecule has 124 valence electrons. The Balaban J connectivity index is 2.66. The van der Waals surface area contributed by atoms with E-state index in [2.05, 4.69) is 4.98 Å². The highest BCUT2D eigenvalue weighted by Gasteiger charge is 2.18. The molecule has 0 saturated carbocycles. The van der Waals surface area contributed by atoms with Crippen LogP contribution in [0.15, 0.2) is 38.1 Å². The summed E-state index contributed by atoms with van der Waals surface area (Å²) in [6.45, 7) is 6.90. The Morgan fingerprint density at radius 1 is 1.35 bits per heavy atom. The van der Waals surface area contributed by atoms with Crippen LogP contribution in [0.2, 0.25) is 0 Å². The molecule has 0 spiro atoms. The maximum Gasteiger partial charge on any atom is 0.362 e. The van der Waals surface area contributed by atoms with E-state index in [9.17, 15) is 18.3 Å². The molecule has 6 nitrogen and oxygen atoms in total. The molecule has 0 aliphatic rings. The second kappa shape index (κ2) is 5.81. The van der Waals surface area contributed by atoms with Gasteiger partial charge in [-0.15, -0.1) is 0 Å². The fourth-order valence-electron chi connectivity index (χ4n) is 1.80. The van der Waals surface area contributed by atoms with Gasteiger partial charge in [0.25, 0.3) is 0 Å². The predicted octanol–water partition coefficient (Wildman–Crippen LogP) is 2.93. The molecule has 0 amide bonds. The van der Waals surface area contributed by atoms with Crippen LogP contribution in [0.5, 0.6) is 0 Å². The molecule has 2 rings (SSSR count). The van der Waals surface area contributed by atoms with Crippen molar-refractivity contribution in [1.29, 1.82) is 0 Å². The summed E-state index contributed by atoms with van der Waals surface area (Å²) in [5.74, 6) is -0.0543. The molecule has 0 bridgehead atoms. The standard InChI is InChI=1S/C16H19NO5S/c1-5-23(20,21)10-6-7-13-11(8-10)17-12(15(19)22-13)9-14(18)16(2,3)4/h6-9,18H,5H2,1-4H3/b14-9-. The second-order valence-corrected chi connectivity index (χ2v) is 8.48. The first-order chi connectivity index (χ1) is 10.5. The zero-order chi connectivity index (χ0) is 17.4. The summed E-state index contributed by atoms with van der Waals surface area (Å²) >= 11 is 0. The highest BCUT2D eigenvalue weighted by molar-refractivity contribution is 7.91. The molecule has 0 saturated heterocycles. The van der Waals surface area contributed by atoms with Crippen molar-refractivity contribution >= 4 is 27.0 Å². The lowest BCUT2D eigenvalue weighted by Gasteiger charge is -2.16. The van der Waals surface area contributed by atoms with Gasteiger partial charge in [-0.3, -0.25) is 0 Å². The van der Waals surface area contributed by atoms with Crippen molar-refractivity contribution in [1.82, 2.24) is 4.98 Å². The lowest BCUT2D eigenvalue weighted by molar-refractivity contribution is 0.282. The molecule has 0 radical (unpaired) electrons. The Hall–Kier alpha value is -2.15. The Kier molecular flexibility index (Phi) is 4.34. The first kappa shape index (κ1) is 17.2. The number of benzene rings is 1. The zero-order valence-corrected chi connectivity index (χ0v) is 14.3. The molecule has 7 heteroatoms. The van der Waals surface area contributed by atoms with Crippen LogP contribution in [0.1, 0.15) is 33.4 Å². The minimum atomic E-state index is -3.38. The Morgan fingerprint density at radius 3 is 2.57 bits per heavy atom. The number of aromatic nitrogens is 1. The topological polar surface area (TPSA) is 97.5 Å². The van der Waals surface area contributed by atoms with E-state index in [-0.39, 0.29) is 33.2 Å². The van der Waals surface area contributed by atoms with E-state index in [0.717, 1.165) is 0 Å². The van der Waals surface area contributed by atoms with E-state index >= 15 is 0 Å². The lowest BCUT2D eigenvalue weighted by atomic mass is 9.93. The number of fused-ring (bicyclic) bond motifs is 1. The molecular formula is C16H19NO5S. The largest absolute Gasteiger partial charge is 0.512 e. The average Bonchev–Trinajstić information content (AvgIpc) is 2.46. The van der Waals surface area contributed by atoms with E-state index in [0.29, 0.717) is 0 Å². The third-order valence-electron chi connectivity index (χ3n) is 3.36. The van der Waals surface area contributed by atoms with Crippen molar-refractivity contribution in [2.24, 2.45) is 5.41 Å². The summed E-state index contributed by atoms with van der Waals surface area (Å²) in [7, 11) is -3.38. The minimum absolute atomic E-state index is 0.0195. The number of sulfone groups is 1. The Bertz CT molecular complexity index is 933. The lowest BCUT2D eigenvalue weighted by Crippen LogP contribution is -2.12. The number of rotatable bonds is 3. The second-order valence-electron chi connectivity index (χ2n) is 6.20. The van der Waals surface area contributed by atoms with Crippen LogP contribution in [0.25, 0.3) is 17.2 Å². The van der Waals surface area contributed by atoms with E-state index in [1.807, 2.05) is 0 Å². The van der Waals surface area contributed by atoms with Crippen LogP contribution in [-0.2, 0) is 9.84 Å². The van der Waals surface area contributed by atoms with E-state index in [1.165, 1.54) is 24.3 Å². The molecule has 2 aromatic rings. The molecule has 0 fully saturated rings. The molecule has 0 aliphatic carbocycles. The maximum absolute atomic E-state index is 11.9. The van der Waals surface area contributed by atoms with Gasteiger partial charge >= 0.3 is 5.63 Å². The summed E-state index contributed by atoms with van der Waals surface area (Å²) in [5, 5.41) is 10.0. The molecule has 1 heterocycles. The highest BCUT2D eigenvalue weighted by Crippen LogP contribution is 2.24. The van der Waals surface area contributed by atoms with Crippen molar-refractivity contribution in [2.45, 2.75) is 32.6 Å². The van der Waals surface area contributed by atoms with E-state index in [4.69, 9.17) is 4.42 Å². The molecule has 1 aromatic heterocycles. The van der Waals surface area contributed by atoms with Gasteiger partial charge in [0.2, 0.25) is 0 Å². The van der Waals surface area contributed by atoms with Crippen molar-refractivity contribution in [2.75, 3.05) is 5.75 Å². The SMILES string of the molecule is CCS(=O)(=O)c1ccc2oc(=O)c(/C=C(\O)C(C)(C)C)nc2c1. The predicted molar refractivity (Wildman–Crippen MR) is 88.1 cm³/mol. The van der Waals surface area contributed by atoms with Crippen molar-refractivity contribution < 1.29 is 17.9 Å². The monoisotopic (exact) mass is 337 g/mol. The first-order valence-electron chi connectivity index (χ1n) is 7.13. The molecule has 1 N–H and O–H groups in total. The number of aliphatic hydroxyl groups excluding tert-OH is 1. The molecule has 23 heavy (non-hydrogen) atoms. The smallest absolute Gasteiger partial charge is 0.362 e. The fraction of sp³-hybridized carbons (Fsp3) is 0.375. The minimum Gasteiger partial charge on any atom is -0.512 e. The third-order valence-corrected chi connectivity index (χ3v) is 5.10. The zero-order valence-electron chi connectivity index (χ0n) is 13.5. The van der Waals surface area contributed by atoms with Gasteiger partial charge in [-0.1, -0.05) is 27.7 Å². The average molecular weight is 337 g/mol. The number of hydrogen-bond acceptors (Lipinski definition) is 6. The third kappa shape index (κ3) is 3.61. The van der Waals surface area contributed by atoms with Crippen LogP contribution in [0.3, 0.4) is 0 Å². The molecule has 0 atom stereocenters. The summed E-state index contributed by atoms with van der Waals surface area (Å²) in [6.07, 6.45) is 1.24. The van der Waals surface area contributed by atoms with Crippen LogP contribution >= 0.6 is 0 Å². The van der Waals surface area contributed by atoms with Gasteiger partial charge in [0.15, 0.2) is 21.1 Å². The Labute approximate surface area is 134 Å². The van der Waals surface area contributed by atoms with Crippen molar-refractivity contribution in [3.63, 3.8) is 0 Å². The number of aliphatic hydroxyl groups is 1. The maximum atomic E-state index is 11.9. The van der Waals surface area contributed by atoms with Crippen LogP contribution in [0.4, 0.5) is 0 Å². The van der Waals surface area contributed by atoms with Gasteiger partial charge in [-0.25, -0.2) is 18.2 Å². The molecule has 0 aliphatic heterocycles. The van der Waals surface area contributed by atoms with Gasteiger partial charge in [0, 0.05) is 11.5 Å². The highest BCUT2D eigenvalue weighted by atomic mass is 32.2. The van der Waals surface area contributed by atoms with Gasteiger partial charge in [-0.2, -0.15) is 0 Å². The normalized spacial score (nSPS) is 13.5. The van der Waals surface area contributed by atoms with Crippen molar-refractivity contribution in [3.05, 3.63) is 40.1 Å².